The van der Waals surface area contributed by atoms with Gasteiger partial charge in [-0.05, 0) is 60.1 Å². The van der Waals surface area contributed by atoms with E-state index in [4.69, 9.17) is 10.5 Å². The lowest BCUT2D eigenvalue weighted by atomic mass is 9.93. The molecule has 27 heavy (non-hydrogen) atoms. The molecule has 1 aliphatic rings. The number of rotatable bonds is 5. The van der Waals surface area contributed by atoms with E-state index in [1.54, 1.807) is 18.0 Å². The predicted octanol–water partition coefficient (Wildman–Crippen LogP) is 2.67. The van der Waals surface area contributed by atoms with Crippen molar-refractivity contribution in [3.8, 4) is 17.0 Å². The van der Waals surface area contributed by atoms with Crippen LogP contribution in [0.3, 0.4) is 0 Å². The van der Waals surface area contributed by atoms with Gasteiger partial charge in [-0.15, -0.1) is 0 Å². The summed E-state index contributed by atoms with van der Waals surface area (Å²) in [5.41, 5.74) is 12.6. The summed E-state index contributed by atoms with van der Waals surface area (Å²) in [5.74, 6) is 0.191. The molecule has 0 radical (unpaired) electrons. The van der Waals surface area contributed by atoms with Crippen LogP contribution in [0.15, 0.2) is 36.8 Å². The second kappa shape index (κ2) is 6.87. The molecule has 2 heterocycles. The minimum absolute atomic E-state index is 0.451. The van der Waals surface area contributed by atoms with Crippen molar-refractivity contribution in [2.45, 2.75) is 25.7 Å². The highest BCUT2D eigenvalue weighted by atomic mass is 16.5. The van der Waals surface area contributed by atoms with E-state index in [0.29, 0.717) is 17.7 Å². The van der Waals surface area contributed by atoms with Gasteiger partial charge in [-0.25, -0.2) is 0 Å². The SMILES string of the molecule is COc1c(C(N)=O)cc(Cc2ccc(-c3cnn(C)c3)nc2)c2c1CCC2. The number of pyridine rings is 1. The lowest BCUT2D eigenvalue weighted by Crippen LogP contribution is -2.15. The third-order valence-corrected chi connectivity index (χ3v) is 5.13. The first kappa shape index (κ1) is 17.3. The maximum absolute atomic E-state index is 11.9. The smallest absolute Gasteiger partial charge is 0.252 e. The molecular weight excluding hydrogens is 340 g/mol. The number of nitrogens with zero attached hydrogens (tertiary/aromatic N) is 3. The molecule has 0 saturated carbocycles. The Hall–Kier alpha value is -3.15. The Morgan fingerprint density at radius 1 is 1.26 bits per heavy atom. The van der Waals surface area contributed by atoms with Crippen LogP contribution >= 0.6 is 0 Å². The summed E-state index contributed by atoms with van der Waals surface area (Å²) >= 11 is 0. The average molecular weight is 362 g/mol. The molecule has 2 aromatic heterocycles. The Morgan fingerprint density at radius 2 is 2.07 bits per heavy atom. The first-order valence-corrected chi connectivity index (χ1v) is 9.02. The maximum Gasteiger partial charge on any atom is 0.252 e. The number of carbonyl (C=O) groups is 1. The first-order valence-electron chi connectivity index (χ1n) is 9.02. The van der Waals surface area contributed by atoms with E-state index in [-0.39, 0.29) is 0 Å². The molecule has 0 bridgehead atoms. The fourth-order valence-corrected chi connectivity index (χ4v) is 3.89. The van der Waals surface area contributed by atoms with Gasteiger partial charge in [0.2, 0.25) is 0 Å². The number of ether oxygens (including phenoxy) is 1. The Bertz CT molecular complexity index is 1010. The topological polar surface area (TPSA) is 83.0 Å². The number of methoxy groups -OCH3 is 1. The van der Waals surface area contributed by atoms with Crippen LogP contribution in [-0.4, -0.2) is 27.8 Å². The van der Waals surface area contributed by atoms with Crippen molar-refractivity contribution in [3.63, 3.8) is 0 Å². The Kier molecular flexibility index (Phi) is 4.39. The molecule has 0 aliphatic heterocycles. The number of nitrogens with two attached hydrogens (primary N) is 1. The first-order chi connectivity index (χ1) is 13.1. The summed E-state index contributed by atoms with van der Waals surface area (Å²) < 4.78 is 7.26. The van der Waals surface area contributed by atoms with Gasteiger partial charge in [-0.3, -0.25) is 14.5 Å². The molecule has 2 N–H and O–H groups in total. The molecule has 0 fully saturated rings. The number of primary amides is 1. The van der Waals surface area contributed by atoms with Gasteiger partial charge >= 0.3 is 0 Å². The zero-order valence-electron chi connectivity index (χ0n) is 15.5. The van der Waals surface area contributed by atoms with E-state index >= 15 is 0 Å². The van der Waals surface area contributed by atoms with Gasteiger partial charge in [0.25, 0.3) is 5.91 Å². The van der Waals surface area contributed by atoms with E-state index in [1.165, 1.54) is 5.56 Å². The summed E-state index contributed by atoms with van der Waals surface area (Å²) in [6.07, 6.45) is 9.34. The van der Waals surface area contributed by atoms with Gasteiger partial charge in [0.1, 0.15) is 5.75 Å². The van der Waals surface area contributed by atoms with Gasteiger partial charge in [0.05, 0.1) is 24.6 Å². The van der Waals surface area contributed by atoms with E-state index in [0.717, 1.165) is 47.2 Å². The second-order valence-electron chi connectivity index (χ2n) is 6.92. The maximum atomic E-state index is 11.9. The fraction of sp³-hybridized carbons (Fsp3) is 0.286. The predicted molar refractivity (Wildman–Crippen MR) is 103 cm³/mol. The molecule has 1 amide bonds. The zero-order chi connectivity index (χ0) is 19.0. The highest BCUT2D eigenvalue weighted by Gasteiger charge is 2.24. The third kappa shape index (κ3) is 3.18. The number of hydrogen-bond acceptors (Lipinski definition) is 4. The lowest BCUT2D eigenvalue weighted by molar-refractivity contribution is 0.0997. The van der Waals surface area contributed by atoms with Gasteiger partial charge < -0.3 is 10.5 Å². The summed E-state index contributed by atoms with van der Waals surface area (Å²) in [6.45, 7) is 0. The van der Waals surface area contributed by atoms with Crippen molar-refractivity contribution in [1.82, 2.24) is 14.8 Å². The molecule has 138 valence electrons. The Balaban J connectivity index is 1.67. The highest BCUT2D eigenvalue weighted by molar-refractivity contribution is 5.96. The van der Waals surface area contributed by atoms with Crippen LogP contribution in [0.4, 0.5) is 0 Å². The Labute approximate surface area is 158 Å². The van der Waals surface area contributed by atoms with E-state index in [9.17, 15) is 4.79 Å². The third-order valence-electron chi connectivity index (χ3n) is 5.13. The molecule has 6 nitrogen and oxygen atoms in total. The second-order valence-corrected chi connectivity index (χ2v) is 6.92. The monoisotopic (exact) mass is 362 g/mol. The number of aryl methyl sites for hydroxylation is 1. The molecule has 1 aromatic carbocycles. The van der Waals surface area contributed by atoms with E-state index in [2.05, 4.69) is 16.1 Å². The quantitative estimate of drug-likeness (QED) is 0.756. The molecule has 6 heteroatoms. The van der Waals surface area contributed by atoms with Gasteiger partial charge in [0.15, 0.2) is 0 Å². The molecule has 1 aliphatic carbocycles. The summed E-state index contributed by atoms with van der Waals surface area (Å²) in [7, 11) is 3.49. The number of hydrogen-bond donors (Lipinski definition) is 1. The van der Waals surface area contributed by atoms with Crippen molar-refractivity contribution < 1.29 is 9.53 Å². The number of carbonyl (C=O) groups excluding carboxylic acids is 1. The number of benzene rings is 1. The van der Waals surface area contributed by atoms with Crippen molar-refractivity contribution in [3.05, 3.63) is 64.6 Å². The van der Waals surface area contributed by atoms with Crippen molar-refractivity contribution in [2.75, 3.05) is 7.11 Å². The molecule has 0 unspecified atom stereocenters. The van der Waals surface area contributed by atoms with Gasteiger partial charge in [-0.1, -0.05) is 6.07 Å². The minimum atomic E-state index is -0.451. The fourth-order valence-electron chi connectivity index (χ4n) is 3.89. The number of fused-ring (bicyclic) bond motifs is 1. The molecular formula is C21H22N4O2. The van der Waals surface area contributed by atoms with Gasteiger partial charge in [-0.2, -0.15) is 5.10 Å². The van der Waals surface area contributed by atoms with Crippen LogP contribution in [0.5, 0.6) is 5.75 Å². The zero-order valence-corrected chi connectivity index (χ0v) is 15.5. The molecule has 0 saturated heterocycles. The molecule has 4 rings (SSSR count). The van der Waals surface area contributed by atoms with Crippen LogP contribution in [0, 0.1) is 0 Å². The number of aromatic nitrogens is 3. The standard InChI is InChI=1S/C21H22N4O2/c1-25-12-15(11-24-25)19-7-6-13(10-23-19)8-14-9-18(21(22)26)20(27-2)17-5-3-4-16(14)17/h6-7,9-12H,3-5,8H2,1-2H3,(H2,22,26). The summed E-state index contributed by atoms with van der Waals surface area (Å²) in [5, 5.41) is 4.19. The average Bonchev–Trinajstić information content (AvgIpc) is 3.31. The van der Waals surface area contributed by atoms with E-state index in [1.807, 2.05) is 31.6 Å². The molecule has 3 aromatic rings. The largest absolute Gasteiger partial charge is 0.496 e. The number of amides is 1. The van der Waals surface area contributed by atoms with Crippen molar-refractivity contribution >= 4 is 5.91 Å². The summed E-state index contributed by atoms with van der Waals surface area (Å²) in [6, 6.07) is 5.97. The van der Waals surface area contributed by atoms with Crippen molar-refractivity contribution in [2.24, 2.45) is 12.8 Å². The van der Waals surface area contributed by atoms with E-state index < -0.39 is 5.91 Å². The van der Waals surface area contributed by atoms with Crippen LogP contribution < -0.4 is 10.5 Å². The highest BCUT2D eigenvalue weighted by Crippen LogP contribution is 2.37. The van der Waals surface area contributed by atoms with Crippen LogP contribution in [0.2, 0.25) is 0 Å². The summed E-state index contributed by atoms with van der Waals surface area (Å²) in [4.78, 5) is 16.5. The van der Waals surface area contributed by atoms with Crippen LogP contribution in [-0.2, 0) is 26.3 Å². The minimum Gasteiger partial charge on any atom is -0.496 e. The molecule has 0 spiro atoms. The van der Waals surface area contributed by atoms with Gasteiger partial charge in [0, 0.05) is 25.0 Å². The van der Waals surface area contributed by atoms with Crippen LogP contribution in [0.25, 0.3) is 11.3 Å². The van der Waals surface area contributed by atoms with Crippen LogP contribution in [0.1, 0.15) is 39.0 Å². The Morgan fingerprint density at radius 3 is 2.70 bits per heavy atom. The lowest BCUT2D eigenvalue weighted by Gasteiger charge is -2.16. The van der Waals surface area contributed by atoms with Crippen molar-refractivity contribution in [1.29, 1.82) is 0 Å². The molecule has 0 atom stereocenters. The normalized spacial score (nSPS) is 12.8.